The van der Waals surface area contributed by atoms with E-state index in [-0.39, 0.29) is 0 Å². The number of rotatable bonds is 4. The van der Waals surface area contributed by atoms with E-state index in [1.807, 2.05) is 18.7 Å². The molecule has 2 aromatic rings. The van der Waals surface area contributed by atoms with Crippen LogP contribution in [0.1, 0.15) is 22.4 Å². The molecule has 9 nitrogen and oxygen atoms in total. The molecule has 0 radical (unpaired) electrons. The minimum atomic E-state index is -4.39. The molecule has 2 aromatic heterocycles. The summed E-state index contributed by atoms with van der Waals surface area (Å²) in [6.45, 7) is 6.46. The molecule has 0 amide bonds. The maximum absolute atomic E-state index is 12.7. The molecule has 166 valence electrons. The van der Waals surface area contributed by atoms with Gasteiger partial charge in [-0.25, -0.2) is 4.98 Å². The molecule has 0 atom stereocenters. The van der Waals surface area contributed by atoms with Crippen molar-refractivity contribution in [3.63, 3.8) is 0 Å². The number of hydrazone groups is 1. The van der Waals surface area contributed by atoms with Gasteiger partial charge in [-0.2, -0.15) is 28.5 Å². The van der Waals surface area contributed by atoms with Gasteiger partial charge in [-0.3, -0.25) is 0 Å². The summed E-state index contributed by atoms with van der Waals surface area (Å²) in [4.78, 5) is 8.06. The van der Waals surface area contributed by atoms with Crippen LogP contribution in [-0.4, -0.2) is 54.2 Å². The summed E-state index contributed by atoms with van der Waals surface area (Å²) in [5.41, 5.74) is 1.95. The Hall–Kier alpha value is -3.31. The van der Waals surface area contributed by atoms with Crippen molar-refractivity contribution in [3.05, 3.63) is 40.7 Å². The van der Waals surface area contributed by atoms with E-state index in [0.717, 1.165) is 34.9 Å². The standard InChI is InChI=1S/C19H24F3N9/c1-12-13(2)18(29-27-15(12)10-16(26-23)28-24-3)31-8-6-30(7-9-31)17-5-4-14(11-25-17)19(20,21)22/h4-5,11H,6-10,23H2,1-3H3. The van der Waals surface area contributed by atoms with Gasteiger partial charge in [0, 0.05) is 39.4 Å². The highest BCUT2D eigenvalue weighted by molar-refractivity contribution is 5.84. The lowest BCUT2D eigenvalue weighted by Gasteiger charge is -2.36. The largest absolute Gasteiger partial charge is 0.417 e. The van der Waals surface area contributed by atoms with Crippen molar-refractivity contribution in [3.8, 4) is 0 Å². The smallest absolute Gasteiger partial charge is 0.353 e. The van der Waals surface area contributed by atoms with Crippen LogP contribution in [0.5, 0.6) is 0 Å². The van der Waals surface area contributed by atoms with Gasteiger partial charge >= 0.3 is 6.18 Å². The number of nitrogens with zero attached hydrogens (tertiary/aromatic N) is 8. The first-order valence-electron chi connectivity index (χ1n) is 9.67. The molecule has 0 bridgehead atoms. The van der Waals surface area contributed by atoms with Gasteiger partial charge in [0.15, 0.2) is 11.7 Å². The Bertz CT molecular complexity index is 963. The molecule has 0 spiro atoms. The summed E-state index contributed by atoms with van der Waals surface area (Å²) < 4.78 is 38.2. The first-order valence-corrected chi connectivity index (χ1v) is 9.67. The monoisotopic (exact) mass is 435 g/mol. The summed E-state index contributed by atoms with van der Waals surface area (Å²) in [5.74, 6) is 7.02. The molecule has 31 heavy (non-hydrogen) atoms. The normalized spacial score (nSPS) is 15.7. The number of azo groups is 1. The molecule has 0 aromatic carbocycles. The first kappa shape index (κ1) is 22.4. The fourth-order valence-corrected chi connectivity index (χ4v) is 3.37. The Morgan fingerprint density at radius 2 is 1.74 bits per heavy atom. The highest BCUT2D eigenvalue weighted by atomic mass is 19.4. The van der Waals surface area contributed by atoms with E-state index in [1.165, 1.54) is 13.1 Å². The molecular formula is C19H24F3N9. The van der Waals surface area contributed by atoms with E-state index in [2.05, 4.69) is 35.4 Å². The summed E-state index contributed by atoms with van der Waals surface area (Å²) >= 11 is 0. The molecule has 1 aliphatic rings. The van der Waals surface area contributed by atoms with Crippen LogP contribution in [0.2, 0.25) is 0 Å². The number of hydrogen-bond donors (Lipinski definition) is 1. The quantitative estimate of drug-likeness (QED) is 0.260. The third-order valence-electron chi connectivity index (χ3n) is 5.26. The van der Waals surface area contributed by atoms with E-state index in [0.29, 0.717) is 44.3 Å². The van der Waals surface area contributed by atoms with Crippen LogP contribution < -0.4 is 15.6 Å². The van der Waals surface area contributed by atoms with Gasteiger partial charge in [-0.15, -0.1) is 10.2 Å². The van der Waals surface area contributed by atoms with Crippen molar-refractivity contribution in [2.45, 2.75) is 26.4 Å². The summed E-state index contributed by atoms with van der Waals surface area (Å²) in [7, 11) is 1.54. The van der Waals surface area contributed by atoms with Crippen molar-refractivity contribution >= 4 is 17.5 Å². The van der Waals surface area contributed by atoms with Crippen LogP contribution in [-0.2, 0) is 12.6 Å². The molecule has 0 aliphatic carbocycles. The maximum Gasteiger partial charge on any atom is 0.417 e. The molecule has 2 N–H and O–H groups in total. The van der Waals surface area contributed by atoms with Crippen LogP contribution in [0.25, 0.3) is 0 Å². The van der Waals surface area contributed by atoms with Gasteiger partial charge < -0.3 is 15.6 Å². The molecular weight excluding hydrogens is 411 g/mol. The number of hydrogen-bond acceptors (Lipinski definition) is 8. The second-order valence-corrected chi connectivity index (χ2v) is 7.12. The zero-order chi connectivity index (χ0) is 22.6. The number of anilines is 2. The Kier molecular flexibility index (Phi) is 6.66. The predicted octanol–water partition coefficient (Wildman–Crippen LogP) is 2.73. The van der Waals surface area contributed by atoms with Crippen molar-refractivity contribution in [2.75, 3.05) is 43.0 Å². The number of aromatic nitrogens is 3. The molecule has 3 heterocycles. The second-order valence-electron chi connectivity index (χ2n) is 7.12. The van der Waals surface area contributed by atoms with E-state index < -0.39 is 11.7 Å². The third-order valence-corrected chi connectivity index (χ3v) is 5.26. The van der Waals surface area contributed by atoms with Gasteiger partial charge in [-0.1, -0.05) is 0 Å². The average molecular weight is 435 g/mol. The zero-order valence-corrected chi connectivity index (χ0v) is 17.6. The maximum atomic E-state index is 12.7. The molecule has 12 heteroatoms. The van der Waals surface area contributed by atoms with Crippen LogP contribution in [0.4, 0.5) is 24.8 Å². The van der Waals surface area contributed by atoms with Gasteiger partial charge in [0.1, 0.15) is 5.82 Å². The number of halogens is 3. The minimum absolute atomic E-state index is 0.334. The molecule has 0 saturated carbocycles. The Morgan fingerprint density at radius 3 is 2.29 bits per heavy atom. The van der Waals surface area contributed by atoms with Crippen LogP contribution in [0.15, 0.2) is 33.7 Å². The fraction of sp³-hybridized carbons (Fsp3) is 0.474. The van der Waals surface area contributed by atoms with E-state index >= 15 is 0 Å². The van der Waals surface area contributed by atoms with E-state index in [1.54, 1.807) is 0 Å². The number of amidine groups is 1. The third kappa shape index (κ3) is 5.06. The van der Waals surface area contributed by atoms with Crippen LogP contribution in [0.3, 0.4) is 0 Å². The highest BCUT2D eigenvalue weighted by Crippen LogP contribution is 2.30. The van der Waals surface area contributed by atoms with E-state index in [4.69, 9.17) is 5.84 Å². The predicted molar refractivity (Wildman–Crippen MR) is 111 cm³/mol. The van der Waals surface area contributed by atoms with Gasteiger partial charge in [0.05, 0.1) is 17.7 Å². The molecule has 1 saturated heterocycles. The molecule has 1 fully saturated rings. The van der Waals surface area contributed by atoms with Gasteiger partial charge in [0.2, 0.25) is 0 Å². The van der Waals surface area contributed by atoms with Crippen molar-refractivity contribution in [2.24, 2.45) is 21.2 Å². The number of alkyl halides is 3. The minimum Gasteiger partial charge on any atom is -0.353 e. The van der Waals surface area contributed by atoms with Crippen molar-refractivity contribution in [1.82, 2.24) is 15.2 Å². The lowest BCUT2D eigenvalue weighted by atomic mass is 10.1. The van der Waals surface area contributed by atoms with Gasteiger partial charge in [0.25, 0.3) is 0 Å². The summed E-state index contributed by atoms with van der Waals surface area (Å²) in [6, 6.07) is 2.47. The lowest BCUT2D eigenvalue weighted by Crippen LogP contribution is -2.47. The summed E-state index contributed by atoms with van der Waals surface area (Å²) in [6.07, 6.45) is -3.18. The SMILES string of the molecule is CN=NC(Cc1nnc(N2CCN(c3ccc(C(F)(F)F)cn3)CC2)c(C)c1C)=NN. The number of nitrogens with two attached hydrogens (primary N) is 1. The number of pyridine rings is 1. The Balaban J connectivity index is 1.68. The highest BCUT2D eigenvalue weighted by Gasteiger charge is 2.31. The molecule has 1 aliphatic heterocycles. The number of piperazine rings is 1. The average Bonchev–Trinajstić information content (AvgIpc) is 2.76. The van der Waals surface area contributed by atoms with Crippen LogP contribution in [0, 0.1) is 13.8 Å². The lowest BCUT2D eigenvalue weighted by molar-refractivity contribution is -0.137. The first-order chi connectivity index (χ1) is 14.7. The van der Waals surface area contributed by atoms with Crippen molar-refractivity contribution < 1.29 is 13.2 Å². The zero-order valence-electron chi connectivity index (χ0n) is 17.6. The van der Waals surface area contributed by atoms with Gasteiger partial charge in [-0.05, 0) is 37.1 Å². The van der Waals surface area contributed by atoms with E-state index in [9.17, 15) is 13.2 Å². The Labute approximate surface area is 177 Å². The van der Waals surface area contributed by atoms with Crippen molar-refractivity contribution in [1.29, 1.82) is 0 Å². The van der Waals surface area contributed by atoms with Crippen LogP contribution >= 0.6 is 0 Å². The topological polar surface area (TPSA) is 108 Å². The Morgan fingerprint density at radius 1 is 1.06 bits per heavy atom. The molecule has 0 unspecified atom stereocenters. The second kappa shape index (κ2) is 9.23. The fourth-order valence-electron chi connectivity index (χ4n) is 3.37. The molecule has 3 rings (SSSR count). The summed E-state index contributed by atoms with van der Waals surface area (Å²) in [5, 5.41) is 19.9.